The van der Waals surface area contributed by atoms with E-state index in [1.807, 2.05) is 18.2 Å². The number of aromatic nitrogens is 1. The number of carbonyl (C=O) groups excluding carboxylic acids is 1. The number of ether oxygens (including phenoxy) is 1. The lowest BCUT2D eigenvalue weighted by molar-refractivity contribution is -0.123. The minimum Gasteiger partial charge on any atom is -0.482 e. The molecule has 0 aliphatic carbocycles. The van der Waals surface area contributed by atoms with E-state index in [0.717, 1.165) is 5.69 Å². The van der Waals surface area contributed by atoms with Gasteiger partial charge in [0, 0.05) is 30.9 Å². The number of pyridine rings is 1. The summed E-state index contributed by atoms with van der Waals surface area (Å²) in [5.41, 5.74) is 0.913. The summed E-state index contributed by atoms with van der Waals surface area (Å²) in [6.45, 7) is 0.328. The Kier molecular flexibility index (Phi) is 6.31. The third-order valence-electron chi connectivity index (χ3n) is 2.76. The van der Waals surface area contributed by atoms with E-state index in [9.17, 15) is 4.79 Å². The molecular formula is C15H13Cl3N2O2. The highest BCUT2D eigenvalue weighted by molar-refractivity contribution is 6.43. The standard InChI is InChI=1S/C15H13Cl3N2O2/c16-11-7-13(18)14(8-12(11)17)22-9-15(21)20-6-4-10-3-1-2-5-19-10/h1-3,5,7-8H,4,6,9H2,(H,20,21). The first-order valence-corrected chi connectivity index (χ1v) is 7.63. The van der Waals surface area contributed by atoms with Crippen molar-refractivity contribution in [3.63, 3.8) is 0 Å². The first kappa shape index (κ1) is 16.9. The lowest BCUT2D eigenvalue weighted by atomic mass is 10.3. The quantitative estimate of drug-likeness (QED) is 0.799. The van der Waals surface area contributed by atoms with Crippen LogP contribution in [0.15, 0.2) is 36.5 Å². The highest BCUT2D eigenvalue weighted by Gasteiger charge is 2.09. The molecule has 1 aromatic heterocycles. The van der Waals surface area contributed by atoms with Gasteiger partial charge in [0.25, 0.3) is 5.91 Å². The summed E-state index contributed by atoms with van der Waals surface area (Å²) in [4.78, 5) is 15.9. The predicted octanol–water partition coefficient (Wildman–Crippen LogP) is 3.78. The molecule has 2 rings (SSSR count). The number of nitrogens with one attached hydrogen (secondary N) is 1. The first-order chi connectivity index (χ1) is 10.6. The Labute approximate surface area is 143 Å². The molecule has 0 saturated heterocycles. The number of rotatable bonds is 6. The van der Waals surface area contributed by atoms with Crippen LogP contribution in [0, 0.1) is 0 Å². The molecular weight excluding hydrogens is 347 g/mol. The van der Waals surface area contributed by atoms with Gasteiger partial charge in [-0.3, -0.25) is 9.78 Å². The molecule has 0 fully saturated rings. The Morgan fingerprint density at radius 3 is 2.64 bits per heavy atom. The molecule has 1 aromatic carbocycles. The number of nitrogens with zero attached hydrogens (tertiary/aromatic N) is 1. The molecule has 116 valence electrons. The second-order valence-corrected chi connectivity index (χ2v) is 5.63. The van der Waals surface area contributed by atoms with Gasteiger partial charge in [0.15, 0.2) is 6.61 Å². The van der Waals surface area contributed by atoms with Crippen molar-refractivity contribution in [3.05, 3.63) is 57.3 Å². The van der Waals surface area contributed by atoms with E-state index in [1.165, 1.54) is 12.1 Å². The molecule has 0 radical (unpaired) electrons. The number of hydrogen-bond donors (Lipinski definition) is 1. The molecule has 0 unspecified atom stereocenters. The first-order valence-electron chi connectivity index (χ1n) is 6.50. The van der Waals surface area contributed by atoms with Crippen LogP contribution in [0.4, 0.5) is 0 Å². The van der Waals surface area contributed by atoms with Crippen LogP contribution in [0.5, 0.6) is 5.75 Å². The molecule has 2 aromatic rings. The fourth-order valence-electron chi connectivity index (χ4n) is 1.69. The number of carbonyl (C=O) groups is 1. The van der Waals surface area contributed by atoms with Gasteiger partial charge < -0.3 is 10.1 Å². The lowest BCUT2D eigenvalue weighted by Gasteiger charge is -2.09. The van der Waals surface area contributed by atoms with Gasteiger partial charge in [-0.2, -0.15) is 0 Å². The largest absolute Gasteiger partial charge is 0.482 e. The van der Waals surface area contributed by atoms with E-state index in [4.69, 9.17) is 39.5 Å². The van der Waals surface area contributed by atoms with Gasteiger partial charge in [-0.25, -0.2) is 0 Å². The van der Waals surface area contributed by atoms with Crippen LogP contribution in [0.1, 0.15) is 5.69 Å². The average Bonchev–Trinajstić information content (AvgIpc) is 2.50. The molecule has 0 spiro atoms. The second kappa shape index (κ2) is 8.22. The molecule has 0 atom stereocenters. The van der Waals surface area contributed by atoms with E-state index < -0.39 is 0 Å². The molecule has 1 heterocycles. The summed E-state index contributed by atoms with van der Waals surface area (Å²) in [5, 5.41) is 3.69. The lowest BCUT2D eigenvalue weighted by Crippen LogP contribution is -2.30. The molecule has 4 nitrogen and oxygen atoms in total. The van der Waals surface area contributed by atoms with Gasteiger partial charge in [-0.05, 0) is 18.2 Å². The third kappa shape index (κ3) is 5.05. The van der Waals surface area contributed by atoms with Crippen molar-refractivity contribution in [1.29, 1.82) is 0 Å². The van der Waals surface area contributed by atoms with E-state index in [0.29, 0.717) is 33.8 Å². The zero-order valence-corrected chi connectivity index (χ0v) is 13.8. The molecule has 0 bridgehead atoms. The van der Waals surface area contributed by atoms with E-state index in [2.05, 4.69) is 10.3 Å². The second-order valence-electron chi connectivity index (χ2n) is 4.41. The zero-order chi connectivity index (χ0) is 15.9. The molecule has 0 aliphatic rings. The van der Waals surface area contributed by atoms with E-state index >= 15 is 0 Å². The number of halogens is 3. The van der Waals surface area contributed by atoms with Gasteiger partial charge >= 0.3 is 0 Å². The van der Waals surface area contributed by atoms with Crippen LogP contribution < -0.4 is 10.1 Å². The fourth-order valence-corrected chi connectivity index (χ4v) is 2.28. The molecule has 7 heteroatoms. The molecule has 1 amide bonds. The third-order valence-corrected chi connectivity index (χ3v) is 3.78. The van der Waals surface area contributed by atoms with Crippen LogP contribution in [-0.4, -0.2) is 24.0 Å². The highest BCUT2D eigenvalue weighted by Crippen LogP contribution is 2.33. The Bertz CT molecular complexity index is 651. The minimum absolute atomic E-state index is 0.153. The van der Waals surface area contributed by atoms with Crippen molar-refractivity contribution in [3.8, 4) is 5.75 Å². The van der Waals surface area contributed by atoms with Crippen LogP contribution in [0.2, 0.25) is 15.1 Å². The van der Waals surface area contributed by atoms with Gasteiger partial charge in [-0.15, -0.1) is 0 Å². The maximum atomic E-state index is 11.7. The molecule has 1 N–H and O–H groups in total. The summed E-state index contributed by atoms with van der Waals surface area (Å²) < 4.78 is 5.33. The SMILES string of the molecule is O=C(COc1cc(Cl)c(Cl)cc1Cl)NCCc1ccccn1. The minimum atomic E-state index is -0.252. The van der Waals surface area contributed by atoms with Crippen LogP contribution in [-0.2, 0) is 11.2 Å². The Morgan fingerprint density at radius 1 is 1.14 bits per heavy atom. The van der Waals surface area contributed by atoms with Crippen molar-refractivity contribution in [2.75, 3.05) is 13.2 Å². The summed E-state index contributed by atoms with van der Waals surface area (Å²) in [5.74, 6) is 0.0639. The Balaban J connectivity index is 1.77. The van der Waals surface area contributed by atoms with Crippen molar-refractivity contribution in [2.45, 2.75) is 6.42 Å². The smallest absolute Gasteiger partial charge is 0.257 e. The van der Waals surface area contributed by atoms with Gasteiger partial charge in [0.05, 0.1) is 15.1 Å². The highest BCUT2D eigenvalue weighted by atomic mass is 35.5. The van der Waals surface area contributed by atoms with Crippen molar-refractivity contribution < 1.29 is 9.53 Å². The Morgan fingerprint density at radius 2 is 1.91 bits per heavy atom. The maximum absolute atomic E-state index is 11.7. The average molecular weight is 360 g/mol. The Hall–Kier alpha value is -1.49. The van der Waals surface area contributed by atoms with Gasteiger partial charge in [-0.1, -0.05) is 40.9 Å². The van der Waals surface area contributed by atoms with Crippen molar-refractivity contribution >= 4 is 40.7 Å². The summed E-state index contributed by atoms with van der Waals surface area (Å²) in [6.07, 6.45) is 2.37. The number of hydrogen-bond acceptors (Lipinski definition) is 3. The fraction of sp³-hybridized carbons (Fsp3) is 0.200. The van der Waals surface area contributed by atoms with Gasteiger partial charge in [0.2, 0.25) is 0 Å². The van der Waals surface area contributed by atoms with Crippen molar-refractivity contribution in [1.82, 2.24) is 10.3 Å². The molecule has 0 saturated carbocycles. The van der Waals surface area contributed by atoms with Crippen LogP contribution in [0.25, 0.3) is 0 Å². The maximum Gasteiger partial charge on any atom is 0.257 e. The monoisotopic (exact) mass is 358 g/mol. The number of benzene rings is 1. The predicted molar refractivity (Wildman–Crippen MR) is 87.9 cm³/mol. The van der Waals surface area contributed by atoms with Gasteiger partial charge in [0.1, 0.15) is 5.75 Å². The van der Waals surface area contributed by atoms with E-state index in [1.54, 1.807) is 6.20 Å². The summed E-state index contributed by atoms with van der Waals surface area (Å²) >= 11 is 17.7. The molecule has 0 aliphatic heterocycles. The molecule has 22 heavy (non-hydrogen) atoms. The van der Waals surface area contributed by atoms with Crippen molar-refractivity contribution in [2.24, 2.45) is 0 Å². The summed E-state index contributed by atoms with van der Waals surface area (Å²) in [7, 11) is 0. The zero-order valence-electron chi connectivity index (χ0n) is 11.5. The van der Waals surface area contributed by atoms with E-state index in [-0.39, 0.29) is 12.5 Å². The summed E-state index contributed by atoms with van der Waals surface area (Å²) in [6, 6.07) is 8.60. The van der Waals surface area contributed by atoms with Crippen LogP contribution in [0.3, 0.4) is 0 Å². The van der Waals surface area contributed by atoms with Crippen LogP contribution >= 0.6 is 34.8 Å². The topological polar surface area (TPSA) is 51.2 Å². The number of amides is 1. The normalized spacial score (nSPS) is 10.3.